The van der Waals surface area contributed by atoms with Gasteiger partial charge in [-0.05, 0) is 18.4 Å². The Labute approximate surface area is 97.0 Å². The molecule has 2 aromatic rings. The van der Waals surface area contributed by atoms with Crippen LogP contribution in [-0.2, 0) is 19.4 Å². The van der Waals surface area contributed by atoms with Crippen molar-refractivity contribution in [2.75, 3.05) is 0 Å². The van der Waals surface area contributed by atoms with Crippen molar-refractivity contribution in [2.45, 2.75) is 32.7 Å². The molecular weight excluding hydrogens is 196 g/mol. The number of aromatic nitrogens is 2. The van der Waals surface area contributed by atoms with E-state index in [0.29, 0.717) is 0 Å². The van der Waals surface area contributed by atoms with Gasteiger partial charge in [0.2, 0.25) is 0 Å². The highest BCUT2D eigenvalue weighted by molar-refractivity contribution is 5.14. The van der Waals surface area contributed by atoms with E-state index in [2.05, 4.69) is 46.8 Å². The quantitative estimate of drug-likeness (QED) is 0.748. The van der Waals surface area contributed by atoms with Crippen LogP contribution in [0.5, 0.6) is 0 Å². The van der Waals surface area contributed by atoms with E-state index < -0.39 is 0 Å². The van der Waals surface area contributed by atoms with E-state index in [1.165, 1.54) is 17.7 Å². The van der Waals surface area contributed by atoms with Crippen molar-refractivity contribution in [3.05, 3.63) is 54.1 Å². The van der Waals surface area contributed by atoms with Crippen molar-refractivity contribution in [3.8, 4) is 0 Å². The van der Waals surface area contributed by atoms with Crippen LogP contribution in [0, 0.1) is 0 Å². The molecule has 0 fully saturated rings. The Bertz CT molecular complexity index is 417. The Kier molecular flexibility index (Phi) is 3.76. The van der Waals surface area contributed by atoms with Crippen molar-refractivity contribution < 1.29 is 0 Å². The predicted octanol–water partition coefficient (Wildman–Crippen LogP) is 3.08. The van der Waals surface area contributed by atoms with E-state index in [1.54, 1.807) is 0 Å². The molecule has 0 radical (unpaired) electrons. The number of nitrogens with zero attached hydrogens (tertiary/aromatic N) is 2. The molecule has 0 N–H and O–H groups in total. The second-order valence-corrected chi connectivity index (χ2v) is 4.06. The topological polar surface area (TPSA) is 17.8 Å². The number of hydrogen-bond donors (Lipinski definition) is 0. The first-order chi connectivity index (χ1) is 7.90. The largest absolute Gasteiger partial charge is 0.334 e. The summed E-state index contributed by atoms with van der Waals surface area (Å²) in [7, 11) is 0. The molecule has 0 aliphatic rings. The lowest BCUT2D eigenvalue weighted by molar-refractivity contribution is 0.653. The molecule has 0 unspecified atom stereocenters. The lowest BCUT2D eigenvalue weighted by Gasteiger charge is -2.07. The minimum absolute atomic E-state index is 1.03. The minimum Gasteiger partial charge on any atom is -0.334 e. The fourth-order valence-electron chi connectivity index (χ4n) is 1.91. The summed E-state index contributed by atoms with van der Waals surface area (Å²) in [6.07, 6.45) is 7.29. The molecule has 2 heteroatoms. The molecule has 0 amide bonds. The Hall–Kier alpha value is -1.57. The Morgan fingerprint density at radius 3 is 2.69 bits per heavy atom. The average Bonchev–Trinajstić information content (AvgIpc) is 2.76. The van der Waals surface area contributed by atoms with Gasteiger partial charge in [0.05, 0.1) is 6.33 Å². The van der Waals surface area contributed by atoms with E-state index >= 15 is 0 Å². The maximum Gasteiger partial charge on any atom is 0.0948 e. The maximum atomic E-state index is 4.22. The van der Waals surface area contributed by atoms with Gasteiger partial charge in [0, 0.05) is 18.4 Å². The van der Waals surface area contributed by atoms with Gasteiger partial charge in [-0.2, -0.15) is 0 Å². The summed E-state index contributed by atoms with van der Waals surface area (Å²) in [5.41, 5.74) is 2.73. The SMILES string of the molecule is CCCc1cncn1CCc1ccccc1. The molecule has 84 valence electrons. The van der Waals surface area contributed by atoms with Crippen LogP contribution in [0.15, 0.2) is 42.9 Å². The van der Waals surface area contributed by atoms with Crippen molar-refractivity contribution in [1.29, 1.82) is 0 Å². The van der Waals surface area contributed by atoms with E-state index in [9.17, 15) is 0 Å². The van der Waals surface area contributed by atoms with Gasteiger partial charge >= 0.3 is 0 Å². The van der Waals surface area contributed by atoms with Crippen LogP contribution in [0.25, 0.3) is 0 Å². The van der Waals surface area contributed by atoms with Gasteiger partial charge in [0.1, 0.15) is 0 Å². The van der Waals surface area contributed by atoms with Crippen LogP contribution < -0.4 is 0 Å². The highest BCUT2D eigenvalue weighted by Crippen LogP contribution is 2.06. The van der Waals surface area contributed by atoms with Crippen molar-refractivity contribution in [3.63, 3.8) is 0 Å². The summed E-state index contributed by atoms with van der Waals surface area (Å²) in [6.45, 7) is 3.23. The van der Waals surface area contributed by atoms with Crippen LogP contribution in [-0.4, -0.2) is 9.55 Å². The molecule has 1 heterocycles. The average molecular weight is 214 g/mol. The van der Waals surface area contributed by atoms with E-state index in [4.69, 9.17) is 0 Å². The van der Waals surface area contributed by atoms with Crippen molar-refractivity contribution in [2.24, 2.45) is 0 Å². The zero-order valence-corrected chi connectivity index (χ0v) is 9.76. The highest BCUT2D eigenvalue weighted by Gasteiger charge is 2.00. The smallest absolute Gasteiger partial charge is 0.0948 e. The first-order valence-corrected chi connectivity index (χ1v) is 5.93. The predicted molar refractivity (Wildman–Crippen MR) is 66.4 cm³/mol. The summed E-state index contributed by atoms with van der Waals surface area (Å²) in [5, 5.41) is 0. The second kappa shape index (κ2) is 5.50. The molecule has 0 saturated carbocycles. The molecule has 0 atom stereocenters. The fourth-order valence-corrected chi connectivity index (χ4v) is 1.91. The van der Waals surface area contributed by atoms with Crippen LogP contribution in [0.2, 0.25) is 0 Å². The molecular formula is C14H18N2. The normalized spacial score (nSPS) is 10.6. The van der Waals surface area contributed by atoms with Gasteiger partial charge in [-0.1, -0.05) is 43.7 Å². The summed E-state index contributed by atoms with van der Waals surface area (Å²) >= 11 is 0. The van der Waals surface area contributed by atoms with E-state index in [1.807, 2.05) is 12.5 Å². The van der Waals surface area contributed by atoms with Crippen LogP contribution in [0.3, 0.4) is 0 Å². The molecule has 0 aliphatic carbocycles. The Morgan fingerprint density at radius 1 is 1.12 bits per heavy atom. The zero-order valence-electron chi connectivity index (χ0n) is 9.76. The number of hydrogen-bond acceptors (Lipinski definition) is 1. The van der Waals surface area contributed by atoms with Crippen LogP contribution in [0.4, 0.5) is 0 Å². The third kappa shape index (κ3) is 2.72. The standard InChI is InChI=1S/C14H18N2/c1-2-6-14-11-15-12-16(14)10-9-13-7-4-3-5-8-13/h3-5,7-8,11-12H,2,6,9-10H2,1H3. The van der Waals surface area contributed by atoms with Gasteiger partial charge < -0.3 is 4.57 Å². The third-order valence-electron chi connectivity index (χ3n) is 2.79. The lowest BCUT2D eigenvalue weighted by Crippen LogP contribution is -2.04. The molecule has 0 saturated heterocycles. The zero-order chi connectivity index (χ0) is 11.2. The minimum atomic E-state index is 1.03. The maximum absolute atomic E-state index is 4.22. The molecule has 1 aromatic carbocycles. The summed E-state index contributed by atoms with van der Waals surface area (Å²) in [5.74, 6) is 0. The summed E-state index contributed by atoms with van der Waals surface area (Å²) in [6, 6.07) is 10.6. The first kappa shape index (κ1) is 10.9. The molecule has 2 nitrogen and oxygen atoms in total. The monoisotopic (exact) mass is 214 g/mol. The van der Waals surface area contributed by atoms with Crippen LogP contribution >= 0.6 is 0 Å². The summed E-state index contributed by atoms with van der Waals surface area (Å²) < 4.78 is 2.26. The van der Waals surface area contributed by atoms with Crippen molar-refractivity contribution in [1.82, 2.24) is 9.55 Å². The van der Waals surface area contributed by atoms with Crippen molar-refractivity contribution >= 4 is 0 Å². The third-order valence-corrected chi connectivity index (χ3v) is 2.79. The number of benzene rings is 1. The number of rotatable bonds is 5. The number of imidazole rings is 1. The molecule has 0 bridgehead atoms. The molecule has 1 aromatic heterocycles. The molecule has 16 heavy (non-hydrogen) atoms. The fraction of sp³-hybridized carbons (Fsp3) is 0.357. The first-order valence-electron chi connectivity index (χ1n) is 5.93. The van der Waals surface area contributed by atoms with E-state index in [0.717, 1.165) is 19.4 Å². The summed E-state index contributed by atoms with van der Waals surface area (Å²) in [4.78, 5) is 4.22. The highest BCUT2D eigenvalue weighted by atomic mass is 15.0. The molecule has 0 aliphatic heterocycles. The van der Waals surface area contributed by atoms with Gasteiger partial charge in [-0.15, -0.1) is 0 Å². The van der Waals surface area contributed by atoms with Gasteiger partial charge in [0.15, 0.2) is 0 Å². The Morgan fingerprint density at radius 2 is 1.94 bits per heavy atom. The van der Waals surface area contributed by atoms with E-state index in [-0.39, 0.29) is 0 Å². The van der Waals surface area contributed by atoms with Gasteiger partial charge in [-0.3, -0.25) is 0 Å². The molecule has 2 rings (SSSR count). The van der Waals surface area contributed by atoms with Crippen LogP contribution in [0.1, 0.15) is 24.6 Å². The van der Waals surface area contributed by atoms with Gasteiger partial charge in [-0.25, -0.2) is 4.98 Å². The second-order valence-electron chi connectivity index (χ2n) is 4.06. The molecule has 0 spiro atoms. The van der Waals surface area contributed by atoms with Gasteiger partial charge in [0.25, 0.3) is 0 Å². The number of aryl methyl sites for hydroxylation is 3. The lowest BCUT2D eigenvalue weighted by atomic mass is 10.1. The Balaban J connectivity index is 1.97.